The molecule has 0 spiro atoms. The predicted octanol–water partition coefficient (Wildman–Crippen LogP) is 5.23. The number of rotatable bonds is 4. The number of anilines is 1. The summed E-state index contributed by atoms with van der Waals surface area (Å²) < 4.78 is 0. The van der Waals surface area contributed by atoms with Crippen LogP contribution in [-0.4, -0.2) is 5.91 Å². The normalized spacial score (nSPS) is 10.4. The number of thiophene rings is 1. The minimum Gasteiger partial charge on any atom is -0.321 e. The van der Waals surface area contributed by atoms with E-state index in [1.165, 1.54) is 11.3 Å². The summed E-state index contributed by atoms with van der Waals surface area (Å²) in [6, 6.07) is 20.0. The fraction of sp³-hybridized carbons (Fsp3) is 0.105. The van der Waals surface area contributed by atoms with Gasteiger partial charge in [-0.2, -0.15) is 0 Å². The Bertz CT molecular complexity index is 777. The van der Waals surface area contributed by atoms with Crippen molar-refractivity contribution in [3.8, 4) is 11.1 Å². The average Bonchev–Trinajstić information content (AvgIpc) is 3.05. The molecule has 0 saturated carbocycles. The summed E-state index contributed by atoms with van der Waals surface area (Å²) in [5.74, 6) is -0.0322. The van der Waals surface area contributed by atoms with E-state index in [0.29, 0.717) is 0 Å². The van der Waals surface area contributed by atoms with Crippen LogP contribution in [0.15, 0.2) is 66.0 Å². The van der Waals surface area contributed by atoms with Crippen molar-refractivity contribution in [2.75, 3.05) is 5.32 Å². The quantitative estimate of drug-likeness (QED) is 0.702. The first kappa shape index (κ1) is 14.5. The van der Waals surface area contributed by atoms with Gasteiger partial charge in [-0.05, 0) is 35.1 Å². The van der Waals surface area contributed by atoms with E-state index in [9.17, 15) is 4.79 Å². The SMILES string of the molecule is CCc1ccsc1C(=O)Nc1ccccc1-c1ccccc1. The van der Waals surface area contributed by atoms with E-state index in [-0.39, 0.29) is 5.91 Å². The zero-order chi connectivity index (χ0) is 15.4. The first-order chi connectivity index (χ1) is 10.8. The molecule has 1 aromatic heterocycles. The van der Waals surface area contributed by atoms with Crippen molar-refractivity contribution < 1.29 is 4.79 Å². The van der Waals surface area contributed by atoms with Gasteiger partial charge in [0, 0.05) is 11.3 Å². The minimum absolute atomic E-state index is 0.0322. The Balaban J connectivity index is 1.92. The maximum Gasteiger partial charge on any atom is 0.266 e. The maximum absolute atomic E-state index is 12.5. The Kier molecular flexibility index (Phi) is 4.35. The molecular weight excluding hydrogens is 290 g/mol. The highest BCUT2D eigenvalue weighted by Gasteiger charge is 2.14. The van der Waals surface area contributed by atoms with E-state index in [0.717, 1.165) is 33.7 Å². The van der Waals surface area contributed by atoms with Gasteiger partial charge in [-0.3, -0.25) is 4.79 Å². The standard InChI is InChI=1S/C19H17NOS/c1-2-14-12-13-22-18(14)19(21)20-17-11-7-6-10-16(17)15-8-4-3-5-9-15/h3-13H,2H2,1H3,(H,20,21). The highest BCUT2D eigenvalue weighted by atomic mass is 32.1. The smallest absolute Gasteiger partial charge is 0.266 e. The molecule has 0 aliphatic rings. The number of benzene rings is 2. The van der Waals surface area contributed by atoms with Crippen LogP contribution in [-0.2, 0) is 6.42 Å². The fourth-order valence-corrected chi connectivity index (χ4v) is 3.34. The molecule has 0 aliphatic heterocycles. The van der Waals surface area contributed by atoms with Crippen LogP contribution < -0.4 is 5.32 Å². The molecule has 22 heavy (non-hydrogen) atoms. The van der Waals surface area contributed by atoms with Gasteiger partial charge in [0.25, 0.3) is 5.91 Å². The van der Waals surface area contributed by atoms with E-state index in [1.807, 2.05) is 66.0 Å². The average molecular weight is 307 g/mol. The van der Waals surface area contributed by atoms with Gasteiger partial charge in [-0.25, -0.2) is 0 Å². The van der Waals surface area contributed by atoms with Crippen LogP contribution in [0.3, 0.4) is 0 Å². The molecule has 0 aliphatic carbocycles. The van der Waals surface area contributed by atoms with E-state index >= 15 is 0 Å². The predicted molar refractivity (Wildman–Crippen MR) is 93.5 cm³/mol. The maximum atomic E-state index is 12.5. The van der Waals surface area contributed by atoms with E-state index < -0.39 is 0 Å². The first-order valence-electron chi connectivity index (χ1n) is 7.31. The Morgan fingerprint density at radius 2 is 1.73 bits per heavy atom. The zero-order valence-electron chi connectivity index (χ0n) is 12.4. The molecule has 3 rings (SSSR count). The number of hydrogen-bond donors (Lipinski definition) is 1. The van der Waals surface area contributed by atoms with Crippen LogP contribution in [0, 0.1) is 0 Å². The van der Waals surface area contributed by atoms with Crippen molar-refractivity contribution in [1.29, 1.82) is 0 Å². The number of nitrogens with one attached hydrogen (secondary N) is 1. The molecule has 1 N–H and O–H groups in total. The van der Waals surface area contributed by atoms with Crippen molar-refractivity contribution in [3.63, 3.8) is 0 Å². The van der Waals surface area contributed by atoms with Crippen LogP contribution in [0.2, 0.25) is 0 Å². The Hall–Kier alpha value is -2.39. The van der Waals surface area contributed by atoms with Gasteiger partial charge in [0.1, 0.15) is 0 Å². The third-order valence-electron chi connectivity index (χ3n) is 3.59. The van der Waals surface area contributed by atoms with Crippen molar-refractivity contribution in [1.82, 2.24) is 0 Å². The molecule has 0 radical (unpaired) electrons. The van der Waals surface area contributed by atoms with Gasteiger partial charge < -0.3 is 5.32 Å². The number of aryl methyl sites for hydroxylation is 1. The molecule has 0 atom stereocenters. The van der Waals surface area contributed by atoms with Crippen LogP contribution in [0.25, 0.3) is 11.1 Å². The summed E-state index contributed by atoms with van der Waals surface area (Å²) >= 11 is 1.49. The highest BCUT2D eigenvalue weighted by Crippen LogP contribution is 2.28. The molecule has 1 amide bonds. The molecule has 110 valence electrons. The molecule has 2 nitrogen and oxygen atoms in total. The van der Waals surface area contributed by atoms with Crippen molar-refractivity contribution in [2.45, 2.75) is 13.3 Å². The summed E-state index contributed by atoms with van der Waals surface area (Å²) in [4.78, 5) is 13.3. The Labute approximate surface area is 134 Å². The van der Waals surface area contributed by atoms with Crippen LogP contribution >= 0.6 is 11.3 Å². The van der Waals surface area contributed by atoms with E-state index in [2.05, 4.69) is 12.2 Å². The molecule has 3 heteroatoms. The third-order valence-corrected chi connectivity index (χ3v) is 4.55. The van der Waals surface area contributed by atoms with Crippen LogP contribution in [0.1, 0.15) is 22.2 Å². The second-order valence-electron chi connectivity index (χ2n) is 4.99. The van der Waals surface area contributed by atoms with Gasteiger partial charge in [-0.15, -0.1) is 11.3 Å². The topological polar surface area (TPSA) is 29.1 Å². The molecule has 0 bridgehead atoms. The summed E-state index contributed by atoms with van der Waals surface area (Å²) in [5, 5.41) is 5.03. The third kappa shape index (κ3) is 2.95. The molecule has 0 saturated heterocycles. The van der Waals surface area contributed by atoms with Gasteiger partial charge in [0.15, 0.2) is 0 Å². The van der Waals surface area contributed by atoms with E-state index in [1.54, 1.807) is 0 Å². The molecular formula is C19H17NOS. The fourth-order valence-electron chi connectivity index (χ4n) is 2.45. The van der Waals surface area contributed by atoms with Crippen LogP contribution in [0.5, 0.6) is 0 Å². The summed E-state index contributed by atoms with van der Waals surface area (Å²) in [5.41, 5.74) is 4.07. The lowest BCUT2D eigenvalue weighted by atomic mass is 10.0. The molecule has 2 aromatic carbocycles. The number of para-hydroxylation sites is 1. The zero-order valence-corrected chi connectivity index (χ0v) is 13.2. The Morgan fingerprint density at radius 1 is 1.00 bits per heavy atom. The Morgan fingerprint density at radius 3 is 2.50 bits per heavy atom. The summed E-state index contributed by atoms with van der Waals surface area (Å²) in [6.45, 7) is 2.07. The molecule has 0 unspecified atom stereocenters. The van der Waals surface area contributed by atoms with Crippen molar-refractivity contribution >= 4 is 22.9 Å². The molecule has 0 fully saturated rings. The summed E-state index contributed by atoms with van der Waals surface area (Å²) in [7, 11) is 0. The number of amides is 1. The summed E-state index contributed by atoms with van der Waals surface area (Å²) in [6.07, 6.45) is 0.868. The largest absolute Gasteiger partial charge is 0.321 e. The lowest BCUT2D eigenvalue weighted by molar-refractivity contribution is 0.103. The second-order valence-corrected chi connectivity index (χ2v) is 5.91. The first-order valence-corrected chi connectivity index (χ1v) is 8.19. The van der Waals surface area contributed by atoms with Gasteiger partial charge in [0.2, 0.25) is 0 Å². The lowest BCUT2D eigenvalue weighted by Crippen LogP contribution is -2.12. The van der Waals surface area contributed by atoms with Crippen molar-refractivity contribution in [3.05, 3.63) is 76.5 Å². The number of carbonyl (C=O) groups excluding carboxylic acids is 1. The number of hydrogen-bond acceptors (Lipinski definition) is 2. The van der Waals surface area contributed by atoms with Crippen LogP contribution in [0.4, 0.5) is 5.69 Å². The van der Waals surface area contributed by atoms with E-state index in [4.69, 9.17) is 0 Å². The highest BCUT2D eigenvalue weighted by molar-refractivity contribution is 7.12. The van der Waals surface area contributed by atoms with Gasteiger partial charge >= 0.3 is 0 Å². The van der Waals surface area contributed by atoms with Gasteiger partial charge in [-0.1, -0.05) is 55.5 Å². The van der Waals surface area contributed by atoms with Crippen molar-refractivity contribution in [2.24, 2.45) is 0 Å². The second kappa shape index (κ2) is 6.58. The number of carbonyl (C=O) groups is 1. The lowest BCUT2D eigenvalue weighted by Gasteiger charge is -2.11. The minimum atomic E-state index is -0.0322. The molecule has 1 heterocycles. The monoisotopic (exact) mass is 307 g/mol. The van der Waals surface area contributed by atoms with Gasteiger partial charge in [0.05, 0.1) is 4.88 Å². The molecule has 3 aromatic rings.